The molecule has 94 valence electrons. The molecule has 0 aliphatic carbocycles. The second kappa shape index (κ2) is 5.45. The summed E-state index contributed by atoms with van der Waals surface area (Å²) in [5, 5.41) is 16.7. The van der Waals surface area contributed by atoms with Gasteiger partial charge in [-0.1, -0.05) is 16.8 Å². The van der Waals surface area contributed by atoms with Crippen LogP contribution >= 0.6 is 27.5 Å². The van der Waals surface area contributed by atoms with Crippen molar-refractivity contribution in [3.05, 3.63) is 39.1 Å². The van der Waals surface area contributed by atoms with Crippen molar-refractivity contribution in [2.75, 3.05) is 0 Å². The molecule has 6 nitrogen and oxygen atoms in total. The minimum Gasteiger partial charge on any atom is -0.342 e. The van der Waals surface area contributed by atoms with Crippen LogP contribution in [-0.4, -0.2) is 26.5 Å². The number of hydrogen-bond donors (Lipinski definition) is 2. The Bertz CT molecular complexity index is 559. The number of H-pyrrole nitrogens is 1. The summed E-state index contributed by atoms with van der Waals surface area (Å²) < 4.78 is 0.670. The van der Waals surface area contributed by atoms with Crippen molar-refractivity contribution in [1.82, 2.24) is 25.9 Å². The summed E-state index contributed by atoms with van der Waals surface area (Å²) in [6.45, 7) is 1.77. The van der Waals surface area contributed by atoms with E-state index in [1.807, 2.05) is 0 Å². The molecule has 0 bridgehead atoms. The van der Waals surface area contributed by atoms with E-state index in [0.717, 1.165) is 0 Å². The van der Waals surface area contributed by atoms with E-state index in [-0.39, 0.29) is 11.9 Å². The lowest BCUT2D eigenvalue weighted by Gasteiger charge is -2.10. The molecule has 0 fully saturated rings. The molecule has 0 aliphatic heterocycles. The number of aromatic nitrogens is 4. The van der Waals surface area contributed by atoms with E-state index in [4.69, 9.17) is 11.6 Å². The Labute approximate surface area is 116 Å². The molecule has 18 heavy (non-hydrogen) atoms. The van der Waals surface area contributed by atoms with E-state index < -0.39 is 0 Å². The van der Waals surface area contributed by atoms with Crippen molar-refractivity contribution in [2.24, 2.45) is 0 Å². The van der Waals surface area contributed by atoms with E-state index in [1.165, 1.54) is 0 Å². The molecule has 1 unspecified atom stereocenters. The van der Waals surface area contributed by atoms with Crippen LogP contribution in [0, 0.1) is 0 Å². The van der Waals surface area contributed by atoms with E-state index >= 15 is 0 Å². The maximum absolute atomic E-state index is 12.0. The monoisotopic (exact) mass is 329 g/mol. The van der Waals surface area contributed by atoms with Crippen molar-refractivity contribution < 1.29 is 4.79 Å². The standard InChI is InChI=1S/C10H9BrClN5O/c1-5(9-14-16-17-15-9)13-10(18)6-2-3-8(12)7(11)4-6/h2-5H,1H3,(H,13,18)(H,14,15,16,17). The second-order valence-corrected chi connectivity index (χ2v) is 4.86. The van der Waals surface area contributed by atoms with Gasteiger partial charge in [-0.05, 0) is 41.1 Å². The van der Waals surface area contributed by atoms with Crippen molar-refractivity contribution >= 4 is 33.4 Å². The summed E-state index contributed by atoms with van der Waals surface area (Å²) in [5.41, 5.74) is 0.501. The Hall–Kier alpha value is -1.47. The molecule has 0 saturated heterocycles. The third kappa shape index (κ3) is 2.85. The number of aromatic amines is 1. The van der Waals surface area contributed by atoms with Gasteiger partial charge < -0.3 is 5.32 Å². The molecule has 0 radical (unpaired) electrons. The lowest BCUT2D eigenvalue weighted by atomic mass is 10.2. The van der Waals surface area contributed by atoms with Crippen LogP contribution < -0.4 is 5.32 Å². The van der Waals surface area contributed by atoms with Gasteiger partial charge in [0, 0.05) is 10.0 Å². The number of carbonyl (C=O) groups excluding carboxylic acids is 1. The van der Waals surface area contributed by atoms with Crippen molar-refractivity contribution in [3.63, 3.8) is 0 Å². The SMILES string of the molecule is CC(NC(=O)c1ccc(Cl)c(Br)c1)c1nn[nH]n1. The van der Waals surface area contributed by atoms with Gasteiger partial charge in [0.1, 0.15) is 0 Å². The smallest absolute Gasteiger partial charge is 0.251 e. The van der Waals surface area contributed by atoms with Crippen LogP contribution in [-0.2, 0) is 0 Å². The van der Waals surface area contributed by atoms with Gasteiger partial charge >= 0.3 is 0 Å². The van der Waals surface area contributed by atoms with Crippen LogP contribution in [0.5, 0.6) is 0 Å². The number of benzene rings is 1. The summed E-state index contributed by atoms with van der Waals surface area (Å²) in [7, 11) is 0. The largest absolute Gasteiger partial charge is 0.342 e. The molecular weight excluding hydrogens is 322 g/mol. The molecule has 0 aliphatic rings. The maximum atomic E-state index is 12.0. The molecule has 0 spiro atoms. The minimum atomic E-state index is -0.328. The Morgan fingerprint density at radius 3 is 2.94 bits per heavy atom. The molecule has 1 atom stereocenters. The predicted octanol–water partition coefficient (Wildman–Crippen LogP) is 2.11. The molecule has 0 saturated carbocycles. The van der Waals surface area contributed by atoms with Gasteiger partial charge in [-0.15, -0.1) is 10.2 Å². The first-order chi connectivity index (χ1) is 8.58. The summed E-state index contributed by atoms with van der Waals surface area (Å²) in [5.74, 6) is 0.195. The second-order valence-electron chi connectivity index (χ2n) is 3.59. The zero-order chi connectivity index (χ0) is 13.1. The number of nitrogens with one attached hydrogen (secondary N) is 2. The lowest BCUT2D eigenvalue weighted by Crippen LogP contribution is -2.27. The number of carbonyl (C=O) groups is 1. The Kier molecular flexibility index (Phi) is 3.93. The third-order valence-corrected chi connectivity index (χ3v) is 3.49. The van der Waals surface area contributed by atoms with Gasteiger partial charge in [0.2, 0.25) is 0 Å². The maximum Gasteiger partial charge on any atom is 0.251 e. The summed E-state index contributed by atoms with van der Waals surface area (Å²) >= 11 is 9.13. The fourth-order valence-corrected chi connectivity index (χ4v) is 1.83. The average molecular weight is 331 g/mol. The van der Waals surface area contributed by atoms with Crippen molar-refractivity contribution in [2.45, 2.75) is 13.0 Å². The normalized spacial score (nSPS) is 12.2. The molecule has 2 rings (SSSR count). The third-order valence-electron chi connectivity index (χ3n) is 2.28. The Morgan fingerprint density at radius 2 is 2.33 bits per heavy atom. The topological polar surface area (TPSA) is 83.6 Å². The summed E-state index contributed by atoms with van der Waals surface area (Å²) in [4.78, 5) is 12.0. The van der Waals surface area contributed by atoms with Gasteiger partial charge in [0.15, 0.2) is 5.82 Å². The molecule has 2 aromatic rings. The van der Waals surface area contributed by atoms with Gasteiger partial charge in [0.05, 0.1) is 11.1 Å². The van der Waals surface area contributed by atoms with Gasteiger partial charge in [-0.2, -0.15) is 5.21 Å². The zero-order valence-electron chi connectivity index (χ0n) is 9.32. The van der Waals surface area contributed by atoms with Crippen LogP contribution in [0.4, 0.5) is 0 Å². The highest BCUT2D eigenvalue weighted by Crippen LogP contribution is 2.23. The van der Waals surface area contributed by atoms with E-state index in [2.05, 4.69) is 41.9 Å². The molecular formula is C10H9BrClN5O. The van der Waals surface area contributed by atoms with Crippen LogP contribution in [0.2, 0.25) is 5.02 Å². The van der Waals surface area contributed by atoms with E-state index in [1.54, 1.807) is 25.1 Å². The first kappa shape index (κ1) is 13.0. The number of amides is 1. The van der Waals surface area contributed by atoms with Crippen LogP contribution in [0.25, 0.3) is 0 Å². The highest BCUT2D eigenvalue weighted by Gasteiger charge is 2.15. The van der Waals surface area contributed by atoms with Crippen molar-refractivity contribution in [3.8, 4) is 0 Å². The van der Waals surface area contributed by atoms with E-state index in [9.17, 15) is 4.79 Å². The number of halogens is 2. The Balaban J connectivity index is 2.10. The van der Waals surface area contributed by atoms with Crippen LogP contribution in [0.1, 0.15) is 29.1 Å². The Morgan fingerprint density at radius 1 is 1.56 bits per heavy atom. The van der Waals surface area contributed by atoms with Gasteiger partial charge in [-0.3, -0.25) is 4.79 Å². The fourth-order valence-electron chi connectivity index (χ4n) is 1.33. The summed E-state index contributed by atoms with van der Waals surface area (Å²) in [6, 6.07) is 4.62. The minimum absolute atomic E-state index is 0.232. The fraction of sp³-hybridized carbons (Fsp3) is 0.200. The van der Waals surface area contributed by atoms with Crippen LogP contribution in [0.15, 0.2) is 22.7 Å². The number of rotatable bonds is 3. The first-order valence-corrected chi connectivity index (χ1v) is 6.24. The summed E-state index contributed by atoms with van der Waals surface area (Å²) in [6.07, 6.45) is 0. The molecule has 1 aromatic carbocycles. The number of nitrogens with zero attached hydrogens (tertiary/aromatic N) is 3. The number of tetrazole rings is 1. The zero-order valence-corrected chi connectivity index (χ0v) is 11.7. The van der Waals surface area contributed by atoms with E-state index in [0.29, 0.717) is 20.9 Å². The quantitative estimate of drug-likeness (QED) is 0.903. The molecule has 8 heteroatoms. The lowest BCUT2D eigenvalue weighted by molar-refractivity contribution is 0.0938. The first-order valence-electron chi connectivity index (χ1n) is 5.07. The average Bonchev–Trinajstić information content (AvgIpc) is 2.86. The number of hydrogen-bond acceptors (Lipinski definition) is 4. The molecule has 1 aromatic heterocycles. The molecule has 2 N–H and O–H groups in total. The highest BCUT2D eigenvalue weighted by atomic mass is 79.9. The van der Waals surface area contributed by atoms with Gasteiger partial charge in [-0.25, -0.2) is 0 Å². The van der Waals surface area contributed by atoms with Gasteiger partial charge in [0.25, 0.3) is 5.91 Å². The van der Waals surface area contributed by atoms with Crippen LogP contribution in [0.3, 0.4) is 0 Å². The molecule has 1 amide bonds. The predicted molar refractivity (Wildman–Crippen MR) is 69.2 cm³/mol. The van der Waals surface area contributed by atoms with Crippen molar-refractivity contribution in [1.29, 1.82) is 0 Å². The highest BCUT2D eigenvalue weighted by molar-refractivity contribution is 9.10. The molecule has 1 heterocycles.